The predicted octanol–water partition coefficient (Wildman–Crippen LogP) is 10.7. The lowest BCUT2D eigenvalue weighted by atomic mass is 9.54. The molecule has 0 aliphatic rings. The Kier molecular flexibility index (Phi) is 8.53. The Hall–Kier alpha value is -2.34. The third-order valence-corrected chi connectivity index (χ3v) is 9.75. The lowest BCUT2D eigenvalue weighted by molar-refractivity contribution is 0.110. The highest BCUT2D eigenvalue weighted by molar-refractivity contribution is 5.37. The van der Waals surface area contributed by atoms with E-state index >= 15 is 0 Å². The second kappa shape index (κ2) is 10.8. The largest absolute Gasteiger partial charge is 0.0645 e. The van der Waals surface area contributed by atoms with Crippen LogP contribution in [0, 0.1) is 32.1 Å². The van der Waals surface area contributed by atoms with Crippen molar-refractivity contribution >= 4 is 0 Å². The molecule has 0 aromatic heterocycles. The van der Waals surface area contributed by atoms with Crippen molar-refractivity contribution in [1.82, 2.24) is 0 Å². The van der Waals surface area contributed by atoms with Crippen molar-refractivity contribution in [3.05, 3.63) is 106 Å². The minimum absolute atomic E-state index is 0.00134. The van der Waals surface area contributed by atoms with Crippen molar-refractivity contribution in [3.63, 3.8) is 0 Å². The van der Waals surface area contributed by atoms with Crippen molar-refractivity contribution in [2.75, 3.05) is 0 Å². The van der Waals surface area contributed by atoms with Crippen molar-refractivity contribution in [2.24, 2.45) is 11.3 Å². The summed E-state index contributed by atoms with van der Waals surface area (Å²) in [7, 11) is 0. The molecule has 4 unspecified atom stereocenters. The van der Waals surface area contributed by atoms with Crippen molar-refractivity contribution in [2.45, 2.75) is 112 Å². The fraction of sp³-hybridized carbons (Fsp3) is 0.514. The number of hydrogen-bond acceptors (Lipinski definition) is 0. The van der Waals surface area contributed by atoms with E-state index in [2.05, 4.69) is 149 Å². The number of benzene rings is 3. The van der Waals surface area contributed by atoms with E-state index in [1.54, 1.807) is 0 Å². The van der Waals surface area contributed by atoms with Crippen LogP contribution >= 0.6 is 0 Å². The van der Waals surface area contributed by atoms with Gasteiger partial charge in [0, 0.05) is 0 Å². The summed E-state index contributed by atoms with van der Waals surface area (Å²) in [5.74, 6) is 0.499. The minimum Gasteiger partial charge on any atom is -0.0645 e. The molecule has 3 rings (SSSR count). The molecule has 3 aromatic carbocycles. The molecule has 0 aliphatic carbocycles. The third kappa shape index (κ3) is 6.39. The molecule has 0 saturated carbocycles. The van der Waals surface area contributed by atoms with Gasteiger partial charge in [0.15, 0.2) is 0 Å². The van der Waals surface area contributed by atoms with Crippen LogP contribution in [-0.2, 0) is 16.2 Å². The van der Waals surface area contributed by atoms with Gasteiger partial charge in [0.25, 0.3) is 0 Å². The van der Waals surface area contributed by atoms with Crippen LogP contribution in [0.3, 0.4) is 0 Å². The molecule has 0 heteroatoms. The van der Waals surface area contributed by atoms with Gasteiger partial charge in [-0.3, -0.25) is 0 Å². The Balaban J connectivity index is 2.21. The minimum atomic E-state index is 0.00134. The Labute approximate surface area is 228 Å². The van der Waals surface area contributed by atoms with Crippen LogP contribution in [0.5, 0.6) is 0 Å². The monoisotopic (exact) mass is 496 g/mol. The molecule has 0 amide bonds. The highest BCUT2D eigenvalue weighted by Gasteiger charge is 2.47. The van der Waals surface area contributed by atoms with Crippen LogP contribution in [0.4, 0.5) is 0 Å². The van der Waals surface area contributed by atoms with Crippen LogP contribution in [0.2, 0.25) is 0 Å². The lowest BCUT2D eigenvalue weighted by Gasteiger charge is -2.50. The topological polar surface area (TPSA) is 0 Å². The van der Waals surface area contributed by atoms with Crippen LogP contribution in [-0.4, -0.2) is 0 Å². The molecule has 37 heavy (non-hydrogen) atoms. The SMILES string of the molecule is CCC(C)(CC(C)(CC(C)(c1cccc(C)c1)C(C)C(C)(C)C)c1ccc(C)cc1)c1ccc(C)cc1. The van der Waals surface area contributed by atoms with Gasteiger partial charge < -0.3 is 0 Å². The molecule has 0 saturated heterocycles. The normalized spacial score (nSPS) is 17.9. The summed E-state index contributed by atoms with van der Waals surface area (Å²) < 4.78 is 0. The molecule has 4 atom stereocenters. The zero-order valence-corrected chi connectivity index (χ0v) is 25.6. The quantitative estimate of drug-likeness (QED) is 0.276. The molecule has 0 nitrogen and oxygen atoms in total. The van der Waals surface area contributed by atoms with Gasteiger partial charge in [-0.2, -0.15) is 0 Å². The van der Waals surface area contributed by atoms with Gasteiger partial charge in [-0.15, -0.1) is 0 Å². The summed E-state index contributed by atoms with van der Waals surface area (Å²) in [6.45, 7) is 26.3. The summed E-state index contributed by atoms with van der Waals surface area (Å²) in [5.41, 5.74) is 8.70. The standard InChI is InChI=1S/C37H52/c1-12-35(9,31-20-16-27(2)17-21-31)25-36(10,32-22-18-28(3)19-23-32)26-37(11,30(5)34(6,7)8)33-15-13-14-29(4)24-33/h13-24,30H,12,25-26H2,1-11H3. The molecule has 0 fully saturated rings. The van der Waals surface area contributed by atoms with Gasteiger partial charge >= 0.3 is 0 Å². The molecule has 0 heterocycles. The van der Waals surface area contributed by atoms with Crippen LogP contribution < -0.4 is 0 Å². The molecule has 0 radical (unpaired) electrons. The molecule has 0 spiro atoms. The first-order valence-electron chi connectivity index (χ1n) is 14.3. The Bertz CT molecular complexity index is 1160. The van der Waals surface area contributed by atoms with E-state index in [-0.39, 0.29) is 21.7 Å². The Morgan fingerprint density at radius 1 is 0.568 bits per heavy atom. The Morgan fingerprint density at radius 2 is 1.05 bits per heavy atom. The molecule has 0 N–H and O–H groups in total. The van der Waals surface area contributed by atoms with Crippen molar-refractivity contribution in [1.29, 1.82) is 0 Å². The van der Waals surface area contributed by atoms with Gasteiger partial charge in [-0.05, 0) is 84.3 Å². The zero-order valence-electron chi connectivity index (χ0n) is 25.6. The summed E-state index contributed by atoms with van der Waals surface area (Å²) in [6.07, 6.45) is 3.33. The van der Waals surface area contributed by atoms with Gasteiger partial charge in [-0.1, -0.05) is 145 Å². The highest BCUT2D eigenvalue weighted by atomic mass is 14.5. The average Bonchev–Trinajstić information content (AvgIpc) is 2.83. The first-order valence-corrected chi connectivity index (χ1v) is 14.3. The average molecular weight is 497 g/mol. The van der Waals surface area contributed by atoms with E-state index in [1.807, 2.05) is 0 Å². The maximum atomic E-state index is 2.54. The highest BCUT2D eigenvalue weighted by Crippen LogP contribution is 2.53. The van der Waals surface area contributed by atoms with Crippen LogP contribution in [0.15, 0.2) is 72.8 Å². The summed E-state index contributed by atoms with van der Waals surface area (Å²) in [5, 5.41) is 0. The Morgan fingerprint density at radius 3 is 1.49 bits per heavy atom. The maximum Gasteiger partial charge on any atom is -0.00362 e. The third-order valence-electron chi connectivity index (χ3n) is 9.75. The molecule has 0 bridgehead atoms. The van der Waals surface area contributed by atoms with E-state index in [0.29, 0.717) is 5.92 Å². The molecular weight excluding hydrogens is 444 g/mol. The fourth-order valence-corrected chi connectivity index (χ4v) is 6.74. The summed E-state index contributed by atoms with van der Waals surface area (Å²) in [4.78, 5) is 0. The van der Waals surface area contributed by atoms with Gasteiger partial charge in [0.2, 0.25) is 0 Å². The molecular formula is C37H52. The van der Waals surface area contributed by atoms with E-state index in [0.717, 1.165) is 19.3 Å². The molecule has 200 valence electrons. The van der Waals surface area contributed by atoms with Gasteiger partial charge in [0.1, 0.15) is 0 Å². The van der Waals surface area contributed by atoms with E-state index in [4.69, 9.17) is 0 Å². The second-order valence-electron chi connectivity index (χ2n) is 13.9. The predicted molar refractivity (Wildman–Crippen MR) is 164 cm³/mol. The molecule has 3 aromatic rings. The summed E-state index contributed by atoms with van der Waals surface area (Å²) >= 11 is 0. The van der Waals surface area contributed by atoms with E-state index in [1.165, 1.54) is 33.4 Å². The second-order valence-corrected chi connectivity index (χ2v) is 13.9. The summed E-state index contributed by atoms with van der Waals surface area (Å²) in [6, 6.07) is 28.0. The smallest absolute Gasteiger partial charge is 0.00362 e. The first kappa shape index (κ1) is 29.2. The van der Waals surface area contributed by atoms with Crippen LogP contribution in [0.1, 0.15) is 108 Å². The number of hydrogen-bond donors (Lipinski definition) is 0. The van der Waals surface area contributed by atoms with E-state index in [9.17, 15) is 0 Å². The number of aryl methyl sites for hydroxylation is 3. The van der Waals surface area contributed by atoms with Gasteiger partial charge in [0.05, 0.1) is 0 Å². The van der Waals surface area contributed by atoms with Crippen molar-refractivity contribution < 1.29 is 0 Å². The number of rotatable bonds is 9. The lowest BCUT2D eigenvalue weighted by Crippen LogP contribution is -2.45. The molecule has 0 aliphatic heterocycles. The van der Waals surface area contributed by atoms with E-state index < -0.39 is 0 Å². The van der Waals surface area contributed by atoms with Gasteiger partial charge in [-0.25, -0.2) is 0 Å². The maximum absolute atomic E-state index is 2.54. The van der Waals surface area contributed by atoms with Crippen LogP contribution in [0.25, 0.3) is 0 Å². The zero-order chi connectivity index (χ0) is 27.6. The van der Waals surface area contributed by atoms with Crippen molar-refractivity contribution in [3.8, 4) is 0 Å². The first-order chi connectivity index (χ1) is 17.1. The fourth-order valence-electron chi connectivity index (χ4n) is 6.74.